The largest absolute Gasteiger partial charge is 0.453 e. The van der Waals surface area contributed by atoms with E-state index in [4.69, 9.17) is 28.4 Å². The predicted octanol–water partition coefficient (Wildman–Crippen LogP) is 5.16. The number of hydrogen-bond donors (Lipinski definition) is 5. The highest BCUT2D eigenvalue weighted by molar-refractivity contribution is 8.13. The van der Waals surface area contributed by atoms with Gasteiger partial charge in [0.1, 0.15) is 34.8 Å². The third-order valence-electron chi connectivity index (χ3n) is 12.4. The Balaban J connectivity index is 1.36. The minimum absolute atomic E-state index is 0.0190. The Kier molecular flexibility index (Phi) is 16.7. The standard InChI is InChI=1S/C49H53F3N4O12S2/c1-24(2)54-33-23-65-38(22-37(33)63-5)68-43-45(61)48(69-7,44(60)42-41-28(16-18-53-42)31-20-27(49(50,51)52)14-15-32(31)55-41)25(3)66-46(43)67-36-13-11-9-8-10-12-30-39(36)29(17-19-70-26(4)57)34(58)21-35(59)40(30)56-47(62)64-6/h8-9,14-18,20,24-25,33-34,36-38,40,43,45-46,54-55,58,61H,19,21-23H2,1-7H3,(H,56,62)/b9-8-,29-17-/t25?,33?,34-,36-,37?,38?,40?,43?,45?,46?,48?/m0/s1. The minimum atomic E-state index is -4.64. The molecule has 2 aliphatic carbocycles. The number of Topliss-reactive ketones (excluding diaryl/α,β-unsaturated/α-hetero) is 2. The van der Waals surface area contributed by atoms with Crippen molar-refractivity contribution in [3.63, 3.8) is 0 Å². The number of aliphatic hydroxyl groups is 2. The molecule has 9 unspecified atom stereocenters. The number of carbonyl (C=O) groups is 4. The average Bonchev–Trinajstić information content (AvgIpc) is 3.70. The van der Waals surface area contributed by atoms with Gasteiger partial charge in [0.15, 0.2) is 23.5 Å². The van der Waals surface area contributed by atoms with E-state index in [1.54, 1.807) is 19.4 Å². The number of nitrogens with zero attached hydrogens (tertiary/aromatic N) is 1. The number of alkyl carbamates (subject to hydrolysis) is 1. The number of alkyl halides is 3. The van der Waals surface area contributed by atoms with E-state index < -0.39 is 95.8 Å². The number of H-pyrrole nitrogens is 1. The van der Waals surface area contributed by atoms with Gasteiger partial charge in [-0.25, -0.2) is 4.79 Å². The first-order valence-corrected chi connectivity index (χ1v) is 24.5. The summed E-state index contributed by atoms with van der Waals surface area (Å²) in [7, 11) is 2.65. The maximum Gasteiger partial charge on any atom is 0.416 e. The molecule has 2 aliphatic heterocycles. The molecule has 0 saturated carbocycles. The Labute approximate surface area is 410 Å². The van der Waals surface area contributed by atoms with E-state index >= 15 is 4.79 Å². The van der Waals surface area contributed by atoms with Crippen molar-refractivity contribution in [2.24, 2.45) is 0 Å². The highest BCUT2D eigenvalue weighted by Crippen LogP contribution is 2.46. The zero-order valence-corrected chi connectivity index (χ0v) is 40.8. The molecule has 0 spiro atoms. The first-order valence-electron chi connectivity index (χ1n) is 22.3. The van der Waals surface area contributed by atoms with E-state index in [0.717, 1.165) is 42.8 Å². The molecule has 11 atom stereocenters. The summed E-state index contributed by atoms with van der Waals surface area (Å²) in [6.45, 7) is 6.96. The fourth-order valence-electron chi connectivity index (χ4n) is 9.13. The van der Waals surface area contributed by atoms with Crippen molar-refractivity contribution in [1.82, 2.24) is 20.6 Å². The maximum atomic E-state index is 15.4. The number of ether oxygens (including phenoxy) is 6. The Hall–Kier alpha value is -5.04. The molecule has 3 aromatic rings. The summed E-state index contributed by atoms with van der Waals surface area (Å²) in [5.41, 5.74) is -0.501. The molecular weight excluding hydrogens is 958 g/mol. The number of nitrogens with one attached hydrogen (secondary N) is 3. The van der Waals surface area contributed by atoms with Crippen LogP contribution in [0.25, 0.3) is 21.8 Å². The molecule has 374 valence electrons. The third kappa shape index (κ3) is 10.9. The smallest absolute Gasteiger partial charge is 0.416 e. The van der Waals surface area contributed by atoms with Gasteiger partial charge in [-0.05, 0) is 55.2 Å². The van der Waals surface area contributed by atoms with E-state index in [9.17, 15) is 37.8 Å². The molecule has 5 N–H and O–H groups in total. The number of benzene rings is 1. The number of amides is 1. The quantitative estimate of drug-likeness (QED) is 0.110. The third-order valence-corrected chi connectivity index (χ3v) is 14.6. The fourth-order valence-corrected chi connectivity index (χ4v) is 10.7. The van der Waals surface area contributed by atoms with Gasteiger partial charge in [-0.2, -0.15) is 13.2 Å². The lowest BCUT2D eigenvalue weighted by Gasteiger charge is -2.51. The monoisotopic (exact) mass is 1010 g/mol. The van der Waals surface area contributed by atoms with E-state index in [-0.39, 0.29) is 74.7 Å². The van der Waals surface area contributed by atoms with Gasteiger partial charge in [0, 0.05) is 72.3 Å². The normalized spacial score (nSPS) is 30.3. The van der Waals surface area contributed by atoms with Crippen LogP contribution < -0.4 is 10.6 Å². The second kappa shape index (κ2) is 22.2. The molecule has 2 fully saturated rings. The van der Waals surface area contributed by atoms with Crippen molar-refractivity contribution in [3.05, 3.63) is 76.7 Å². The van der Waals surface area contributed by atoms with Crippen LogP contribution in [0.1, 0.15) is 56.6 Å². The summed E-state index contributed by atoms with van der Waals surface area (Å²) in [5, 5.41) is 30.9. The van der Waals surface area contributed by atoms with Crippen LogP contribution in [-0.4, -0.2) is 148 Å². The number of hydrogen-bond acceptors (Lipinski definition) is 16. The number of allylic oxidation sites excluding steroid dienone is 2. The summed E-state index contributed by atoms with van der Waals surface area (Å²) < 4.78 is 76.8. The Morgan fingerprint density at radius 3 is 2.56 bits per heavy atom. The molecule has 0 radical (unpaired) electrons. The average molecular weight is 1010 g/mol. The van der Waals surface area contributed by atoms with Crippen LogP contribution >= 0.6 is 23.5 Å². The molecule has 16 nitrogen and oxygen atoms in total. The fraction of sp³-hybridized carbons (Fsp3) is 0.490. The number of aromatic amines is 1. The Bertz CT molecular complexity index is 2740. The van der Waals surface area contributed by atoms with Crippen LogP contribution in [0, 0.1) is 23.7 Å². The Morgan fingerprint density at radius 1 is 1.11 bits per heavy atom. The number of pyridine rings is 1. The SMILES string of the molecule is COC(=O)NC1C(=O)C[C@H](O)/C(=C/CSC(C)=O)C2=C1C#C/C=C\C#C[C@@H]2OC1OC(C)C(SC)(C(=O)c2nccc3c2[nH]c2ccc(C(F)(F)F)cc23)C(O)C1OC1CC(OC)C(NC(C)C)CO1. The van der Waals surface area contributed by atoms with Gasteiger partial charge in [0.25, 0.3) is 0 Å². The summed E-state index contributed by atoms with van der Waals surface area (Å²) >= 11 is 1.87. The second-order valence-electron chi connectivity index (χ2n) is 17.1. The van der Waals surface area contributed by atoms with Crippen LogP contribution in [0.5, 0.6) is 0 Å². The topological polar surface area (TPSA) is 217 Å². The number of methoxy groups -OCH3 is 2. The highest BCUT2D eigenvalue weighted by Gasteiger charge is 2.61. The number of thioether (sulfide) groups is 2. The number of aliphatic hydroxyl groups excluding tert-OH is 2. The van der Waals surface area contributed by atoms with Gasteiger partial charge < -0.3 is 54.3 Å². The molecule has 1 aromatic carbocycles. The lowest BCUT2D eigenvalue weighted by molar-refractivity contribution is -0.322. The lowest BCUT2D eigenvalue weighted by atomic mass is 9.83. The number of fused-ring (bicyclic) bond motifs is 3. The van der Waals surface area contributed by atoms with Crippen molar-refractivity contribution in [2.45, 2.75) is 119 Å². The van der Waals surface area contributed by atoms with E-state index in [1.165, 1.54) is 44.3 Å². The molecule has 4 aliphatic rings. The number of carbonyl (C=O) groups excluding carboxylic acids is 4. The number of aromatic nitrogens is 2. The molecule has 4 heterocycles. The summed E-state index contributed by atoms with van der Waals surface area (Å²) in [6, 6.07) is 3.02. The molecule has 2 saturated heterocycles. The van der Waals surface area contributed by atoms with Gasteiger partial charge >= 0.3 is 12.3 Å². The molecule has 21 heteroatoms. The zero-order valence-electron chi connectivity index (χ0n) is 39.2. The first-order chi connectivity index (χ1) is 33.3. The summed E-state index contributed by atoms with van der Waals surface area (Å²) in [5.74, 6) is 10.3. The van der Waals surface area contributed by atoms with Crippen molar-refractivity contribution in [3.8, 4) is 23.7 Å². The van der Waals surface area contributed by atoms with E-state index in [0.29, 0.717) is 5.52 Å². The number of rotatable bonds is 13. The van der Waals surface area contributed by atoms with Crippen molar-refractivity contribution >= 4 is 68.1 Å². The van der Waals surface area contributed by atoms with Crippen LogP contribution in [0.2, 0.25) is 0 Å². The van der Waals surface area contributed by atoms with E-state index in [1.807, 2.05) is 13.8 Å². The lowest BCUT2D eigenvalue weighted by Crippen LogP contribution is -2.68. The summed E-state index contributed by atoms with van der Waals surface area (Å²) in [6.07, 6.45) is -9.58. The molecular formula is C49H53F3N4O12S2. The first kappa shape index (κ1) is 52.8. The van der Waals surface area contributed by atoms with Gasteiger partial charge in [0.05, 0.1) is 49.2 Å². The zero-order chi connectivity index (χ0) is 50.7. The molecule has 1 amide bonds. The number of halogens is 3. The highest BCUT2D eigenvalue weighted by atomic mass is 32.2. The minimum Gasteiger partial charge on any atom is -0.453 e. The van der Waals surface area contributed by atoms with Crippen LogP contribution in [-0.2, 0) is 44.2 Å². The van der Waals surface area contributed by atoms with Gasteiger partial charge in [0.2, 0.25) is 5.78 Å². The second-order valence-corrected chi connectivity index (χ2v) is 19.4. The van der Waals surface area contributed by atoms with E-state index in [2.05, 4.69) is 44.3 Å². The maximum absolute atomic E-state index is 15.4. The molecule has 2 aromatic heterocycles. The predicted molar refractivity (Wildman–Crippen MR) is 254 cm³/mol. The molecule has 0 bridgehead atoms. The van der Waals surface area contributed by atoms with Crippen molar-refractivity contribution in [2.75, 3.05) is 32.8 Å². The molecule has 7 rings (SSSR count). The molecule has 70 heavy (non-hydrogen) atoms. The Morgan fingerprint density at radius 2 is 1.87 bits per heavy atom. The van der Waals surface area contributed by atoms with Gasteiger partial charge in [-0.15, -0.1) is 11.8 Å². The van der Waals surface area contributed by atoms with Crippen LogP contribution in [0.4, 0.5) is 18.0 Å². The summed E-state index contributed by atoms with van der Waals surface area (Å²) in [4.78, 5) is 61.6. The van der Waals surface area contributed by atoms with Crippen LogP contribution in [0.15, 0.2) is 65.4 Å². The van der Waals surface area contributed by atoms with Crippen LogP contribution in [0.3, 0.4) is 0 Å². The van der Waals surface area contributed by atoms with Crippen molar-refractivity contribution < 1.29 is 71.0 Å². The van der Waals surface area contributed by atoms with Gasteiger partial charge in [-0.1, -0.05) is 55.4 Å². The number of ketones is 2. The van der Waals surface area contributed by atoms with Crippen molar-refractivity contribution in [1.29, 1.82) is 0 Å². The van der Waals surface area contributed by atoms with Gasteiger partial charge in [-0.3, -0.25) is 19.4 Å².